The third kappa shape index (κ3) is 4.78. The minimum atomic E-state index is 0.331. The summed E-state index contributed by atoms with van der Waals surface area (Å²) in [6.07, 6.45) is 3.37. The van der Waals surface area contributed by atoms with Crippen LogP contribution in [0.25, 0.3) is 0 Å². The SMILES string of the molecule is CCNCC1(CN(C)C(C)CSC)CCOC1. The Morgan fingerprint density at radius 1 is 1.53 bits per heavy atom. The Balaban J connectivity index is 2.48. The van der Waals surface area contributed by atoms with Gasteiger partial charge in [-0.25, -0.2) is 0 Å². The van der Waals surface area contributed by atoms with E-state index in [1.165, 1.54) is 12.2 Å². The number of hydrogen-bond acceptors (Lipinski definition) is 4. The molecule has 3 nitrogen and oxygen atoms in total. The first-order valence-corrected chi connectivity index (χ1v) is 8.00. The Morgan fingerprint density at radius 3 is 2.82 bits per heavy atom. The van der Waals surface area contributed by atoms with Crippen LogP contribution in [0.2, 0.25) is 0 Å². The Kier molecular flexibility index (Phi) is 6.85. The lowest BCUT2D eigenvalue weighted by molar-refractivity contribution is 0.109. The molecule has 1 rings (SSSR count). The minimum absolute atomic E-state index is 0.331. The maximum atomic E-state index is 5.63. The van der Waals surface area contributed by atoms with Crippen molar-refractivity contribution >= 4 is 11.8 Å². The maximum Gasteiger partial charge on any atom is 0.0547 e. The van der Waals surface area contributed by atoms with Crippen LogP contribution in [-0.2, 0) is 4.74 Å². The van der Waals surface area contributed by atoms with E-state index in [4.69, 9.17) is 4.74 Å². The maximum absolute atomic E-state index is 5.63. The fourth-order valence-electron chi connectivity index (χ4n) is 2.41. The van der Waals surface area contributed by atoms with Crippen molar-refractivity contribution < 1.29 is 4.74 Å². The molecule has 0 radical (unpaired) electrons. The van der Waals surface area contributed by atoms with Crippen molar-refractivity contribution in [1.29, 1.82) is 0 Å². The van der Waals surface area contributed by atoms with Crippen molar-refractivity contribution in [3.8, 4) is 0 Å². The molecule has 1 fully saturated rings. The van der Waals surface area contributed by atoms with Gasteiger partial charge in [0.25, 0.3) is 0 Å². The van der Waals surface area contributed by atoms with Crippen molar-refractivity contribution in [2.75, 3.05) is 51.9 Å². The van der Waals surface area contributed by atoms with E-state index in [0.717, 1.165) is 32.8 Å². The fourth-order valence-corrected chi connectivity index (χ4v) is 3.15. The zero-order valence-corrected chi connectivity index (χ0v) is 12.6. The second-order valence-electron chi connectivity index (χ2n) is 5.30. The molecule has 1 aliphatic rings. The largest absolute Gasteiger partial charge is 0.381 e. The number of hydrogen-bond donors (Lipinski definition) is 1. The Morgan fingerprint density at radius 2 is 2.29 bits per heavy atom. The van der Waals surface area contributed by atoms with Crippen LogP contribution in [0.5, 0.6) is 0 Å². The van der Waals surface area contributed by atoms with E-state index in [1.54, 1.807) is 0 Å². The Bertz CT molecular complexity index is 208. The van der Waals surface area contributed by atoms with Crippen LogP contribution in [0.4, 0.5) is 0 Å². The minimum Gasteiger partial charge on any atom is -0.381 e. The van der Waals surface area contributed by atoms with Crippen molar-refractivity contribution in [1.82, 2.24) is 10.2 Å². The molecule has 2 unspecified atom stereocenters. The summed E-state index contributed by atoms with van der Waals surface area (Å²) >= 11 is 1.92. The number of ether oxygens (including phenoxy) is 1. The molecule has 1 saturated heterocycles. The van der Waals surface area contributed by atoms with Gasteiger partial charge in [-0.15, -0.1) is 0 Å². The molecule has 0 bridgehead atoms. The van der Waals surface area contributed by atoms with E-state index in [1.807, 2.05) is 11.8 Å². The van der Waals surface area contributed by atoms with Gasteiger partial charge < -0.3 is 15.0 Å². The summed E-state index contributed by atoms with van der Waals surface area (Å²) in [7, 11) is 2.24. The average Bonchev–Trinajstić information content (AvgIpc) is 2.76. The molecule has 0 aromatic rings. The third-order valence-electron chi connectivity index (χ3n) is 3.68. The smallest absolute Gasteiger partial charge is 0.0547 e. The number of nitrogens with zero attached hydrogens (tertiary/aromatic N) is 1. The van der Waals surface area contributed by atoms with Gasteiger partial charge in [0.1, 0.15) is 0 Å². The molecular weight excluding hydrogens is 232 g/mol. The molecular formula is C13H28N2OS. The monoisotopic (exact) mass is 260 g/mol. The highest BCUT2D eigenvalue weighted by Gasteiger charge is 2.36. The van der Waals surface area contributed by atoms with Gasteiger partial charge in [-0.05, 0) is 33.2 Å². The van der Waals surface area contributed by atoms with Gasteiger partial charge in [0.15, 0.2) is 0 Å². The number of thioether (sulfide) groups is 1. The highest BCUT2D eigenvalue weighted by Crippen LogP contribution is 2.29. The van der Waals surface area contributed by atoms with Crippen LogP contribution < -0.4 is 5.32 Å². The summed E-state index contributed by atoms with van der Waals surface area (Å²) in [6, 6.07) is 0.643. The Hall–Kier alpha value is 0.230. The van der Waals surface area contributed by atoms with Crippen LogP contribution >= 0.6 is 11.8 Å². The predicted molar refractivity (Wildman–Crippen MR) is 76.9 cm³/mol. The van der Waals surface area contributed by atoms with Crippen molar-refractivity contribution in [2.24, 2.45) is 5.41 Å². The van der Waals surface area contributed by atoms with Gasteiger partial charge in [-0.3, -0.25) is 0 Å². The van der Waals surface area contributed by atoms with E-state index < -0.39 is 0 Å². The number of rotatable bonds is 8. The highest BCUT2D eigenvalue weighted by atomic mass is 32.2. The summed E-state index contributed by atoms with van der Waals surface area (Å²) in [4.78, 5) is 2.49. The first kappa shape index (κ1) is 15.3. The van der Waals surface area contributed by atoms with E-state index in [-0.39, 0.29) is 0 Å². The average molecular weight is 260 g/mol. The lowest BCUT2D eigenvalue weighted by atomic mass is 9.86. The number of nitrogens with one attached hydrogen (secondary N) is 1. The Labute approximate surface area is 111 Å². The summed E-state index contributed by atoms with van der Waals surface area (Å²) < 4.78 is 5.63. The molecule has 1 N–H and O–H groups in total. The molecule has 0 aromatic carbocycles. The van der Waals surface area contributed by atoms with Gasteiger partial charge in [0, 0.05) is 36.9 Å². The van der Waals surface area contributed by atoms with Crippen molar-refractivity contribution in [3.05, 3.63) is 0 Å². The second kappa shape index (κ2) is 7.62. The fraction of sp³-hybridized carbons (Fsp3) is 1.00. The van der Waals surface area contributed by atoms with Crippen LogP contribution in [0.1, 0.15) is 20.3 Å². The molecule has 102 valence electrons. The van der Waals surface area contributed by atoms with E-state index in [9.17, 15) is 0 Å². The zero-order valence-electron chi connectivity index (χ0n) is 11.8. The predicted octanol–water partition coefficient (Wildman–Crippen LogP) is 1.69. The van der Waals surface area contributed by atoms with Crippen LogP contribution in [0.3, 0.4) is 0 Å². The van der Waals surface area contributed by atoms with Crippen LogP contribution in [0, 0.1) is 5.41 Å². The summed E-state index contributed by atoms with van der Waals surface area (Å²) in [5.41, 5.74) is 0.331. The third-order valence-corrected chi connectivity index (χ3v) is 4.50. The quantitative estimate of drug-likeness (QED) is 0.718. The standard InChI is InChI=1S/C13H28N2OS/c1-5-14-9-13(6-7-16-11-13)10-15(3)12(2)8-17-4/h12,14H,5-11H2,1-4H3. The molecule has 0 spiro atoms. The summed E-state index contributed by atoms with van der Waals surface area (Å²) in [6.45, 7) is 9.59. The van der Waals surface area contributed by atoms with Gasteiger partial charge in [0.05, 0.1) is 6.61 Å². The second-order valence-corrected chi connectivity index (χ2v) is 6.21. The van der Waals surface area contributed by atoms with Crippen molar-refractivity contribution in [3.63, 3.8) is 0 Å². The first-order chi connectivity index (χ1) is 8.13. The highest BCUT2D eigenvalue weighted by molar-refractivity contribution is 7.98. The topological polar surface area (TPSA) is 24.5 Å². The molecule has 0 aromatic heterocycles. The molecule has 1 aliphatic heterocycles. The molecule has 0 saturated carbocycles. The van der Waals surface area contributed by atoms with Gasteiger partial charge in [-0.1, -0.05) is 6.92 Å². The van der Waals surface area contributed by atoms with Gasteiger partial charge in [0.2, 0.25) is 0 Å². The first-order valence-electron chi connectivity index (χ1n) is 6.61. The van der Waals surface area contributed by atoms with E-state index in [2.05, 4.69) is 37.4 Å². The molecule has 0 amide bonds. The summed E-state index contributed by atoms with van der Waals surface area (Å²) in [5, 5.41) is 3.50. The normalized spacial score (nSPS) is 26.6. The van der Waals surface area contributed by atoms with Gasteiger partial charge in [-0.2, -0.15) is 11.8 Å². The summed E-state index contributed by atoms with van der Waals surface area (Å²) in [5.74, 6) is 1.20. The lowest BCUT2D eigenvalue weighted by Gasteiger charge is -2.35. The van der Waals surface area contributed by atoms with Crippen LogP contribution in [-0.4, -0.2) is 62.8 Å². The molecule has 0 aliphatic carbocycles. The molecule has 17 heavy (non-hydrogen) atoms. The van der Waals surface area contributed by atoms with E-state index in [0.29, 0.717) is 11.5 Å². The van der Waals surface area contributed by atoms with Crippen LogP contribution in [0.15, 0.2) is 0 Å². The molecule has 1 heterocycles. The molecule has 4 heteroatoms. The van der Waals surface area contributed by atoms with Crippen molar-refractivity contribution in [2.45, 2.75) is 26.3 Å². The van der Waals surface area contributed by atoms with Gasteiger partial charge >= 0.3 is 0 Å². The lowest BCUT2D eigenvalue weighted by Crippen LogP contribution is -2.46. The van der Waals surface area contributed by atoms with E-state index >= 15 is 0 Å². The molecule has 2 atom stereocenters. The zero-order chi connectivity index (χ0) is 12.7.